The highest BCUT2D eigenvalue weighted by Gasteiger charge is 2.23. The standard InChI is InChI=1S/C13H17N3O3S/c1-8-12(17)16-10-7-9(3-4-11(10)19-8)15-13(20)14-5-6-18-2/h3-4,7-8H,5-6H2,1-2H3,(H,16,17)(H2,14,15,20)/t8-/m1/s1. The van der Waals surface area contributed by atoms with E-state index in [4.69, 9.17) is 21.7 Å². The second-order valence-corrected chi connectivity index (χ2v) is 4.74. The van der Waals surface area contributed by atoms with E-state index in [1.54, 1.807) is 26.2 Å². The molecule has 0 aliphatic carbocycles. The van der Waals surface area contributed by atoms with Crippen molar-refractivity contribution < 1.29 is 14.3 Å². The lowest BCUT2D eigenvalue weighted by atomic mass is 10.2. The largest absolute Gasteiger partial charge is 0.479 e. The number of fused-ring (bicyclic) bond motifs is 1. The molecule has 6 nitrogen and oxygen atoms in total. The van der Waals surface area contributed by atoms with Crippen LogP contribution in [0, 0.1) is 0 Å². The number of nitrogens with one attached hydrogen (secondary N) is 3. The number of ether oxygens (including phenoxy) is 2. The lowest BCUT2D eigenvalue weighted by Crippen LogP contribution is -2.34. The third kappa shape index (κ3) is 3.58. The summed E-state index contributed by atoms with van der Waals surface area (Å²) in [5, 5.41) is 9.33. The molecule has 0 radical (unpaired) electrons. The van der Waals surface area contributed by atoms with E-state index in [0.717, 1.165) is 5.69 Å². The molecule has 0 fully saturated rings. The Bertz CT molecular complexity index is 522. The van der Waals surface area contributed by atoms with Crippen molar-refractivity contribution >= 4 is 34.6 Å². The van der Waals surface area contributed by atoms with E-state index < -0.39 is 6.10 Å². The van der Waals surface area contributed by atoms with Crippen molar-refractivity contribution in [3.8, 4) is 5.75 Å². The molecule has 1 amide bonds. The Hall–Kier alpha value is -1.86. The van der Waals surface area contributed by atoms with Crippen LogP contribution in [0.5, 0.6) is 5.75 Å². The fraction of sp³-hybridized carbons (Fsp3) is 0.385. The predicted molar refractivity (Wildman–Crippen MR) is 81.3 cm³/mol. The van der Waals surface area contributed by atoms with Crippen molar-refractivity contribution in [2.24, 2.45) is 0 Å². The maximum atomic E-state index is 11.6. The molecule has 20 heavy (non-hydrogen) atoms. The Morgan fingerprint density at radius 3 is 3.10 bits per heavy atom. The van der Waals surface area contributed by atoms with Crippen LogP contribution in [-0.4, -0.2) is 37.4 Å². The van der Waals surface area contributed by atoms with Gasteiger partial charge in [0.15, 0.2) is 11.2 Å². The third-order valence-corrected chi connectivity index (χ3v) is 3.01. The summed E-state index contributed by atoms with van der Waals surface area (Å²) in [6, 6.07) is 5.42. The van der Waals surface area contributed by atoms with Crippen LogP contribution in [0.15, 0.2) is 18.2 Å². The summed E-state index contributed by atoms with van der Waals surface area (Å²) >= 11 is 5.15. The highest BCUT2D eigenvalue weighted by atomic mass is 32.1. The quantitative estimate of drug-likeness (QED) is 0.575. The summed E-state index contributed by atoms with van der Waals surface area (Å²) in [7, 11) is 1.63. The zero-order chi connectivity index (χ0) is 14.5. The molecule has 2 rings (SSSR count). The molecule has 0 bridgehead atoms. The molecule has 7 heteroatoms. The molecular formula is C13H17N3O3S. The third-order valence-electron chi connectivity index (χ3n) is 2.76. The van der Waals surface area contributed by atoms with Crippen molar-refractivity contribution in [3.05, 3.63) is 18.2 Å². The second-order valence-electron chi connectivity index (χ2n) is 4.33. The number of thiocarbonyl (C=S) groups is 1. The van der Waals surface area contributed by atoms with Gasteiger partial charge in [-0.25, -0.2) is 0 Å². The highest BCUT2D eigenvalue weighted by molar-refractivity contribution is 7.80. The van der Waals surface area contributed by atoms with Gasteiger partial charge in [-0.3, -0.25) is 4.79 Å². The van der Waals surface area contributed by atoms with E-state index >= 15 is 0 Å². The molecule has 1 heterocycles. The van der Waals surface area contributed by atoms with Crippen molar-refractivity contribution in [2.75, 3.05) is 30.9 Å². The Kier molecular flexibility index (Phi) is 4.75. The number of carbonyl (C=O) groups is 1. The first-order valence-corrected chi connectivity index (χ1v) is 6.66. The molecule has 0 unspecified atom stereocenters. The number of benzene rings is 1. The van der Waals surface area contributed by atoms with E-state index in [2.05, 4.69) is 16.0 Å². The van der Waals surface area contributed by atoms with Gasteiger partial charge in [0.25, 0.3) is 5.91 Å². The van der Waals surface area contributed by atoms with Gasteiger partial charge in [-0.2, -0.15) is 0 Å². The van der Waals surface area contributed by atoms with Gasteiger partial charge < -0.3 is 25.4 Å². The maximum absolute atomic E-state index is 11.6. The molecule has 1 aliphatic rings. The van der Waals surface area contributed by atoms with Crippen molar-refractivity contribution in [2.45, 2.75) is 13.0 Å². The van der Waals surface area contributed by atoms with Gasteiger partial charge in [-0.1, -0.05) is 0 Å². The van der Waals surface area contributed by atoms with Crippen LogP contribution in [0.2, 0.25) is 0 Å². The normalized spacial score (nSPS) is 16.7. The number of amides is 1. The van der Waals surface area contributed by atoms with Gasteiger partial charge in [-0.15, -0.1) is 0 Å². The van der Waals surface area contributed by atoms with E-state index in [1.807, 2.05) is 6.07 Å². The molecule has 1 aliphatic heterocycles. The Morgan fingerprint density at radius 2 is 2.35 bits per heavy atom. The van der Waals surface area contributed by atoms with Gasteiger partial charge in [0.1, 0.15) is 5.75 Å². The van der Waals surface area contributed by atoms with E-state index in [9.17, 15) is 4.79 Å². The topological polar surface area (TPSA) is 71.6 Å². The Labute approximate surface area is 122 Å². The zero-order valence-corrected chi connectivity index (χ0v) is 12.2. The van der Waals surface area contributed by atoms with Gasteiger partial charge >= 0.3 is 0 Å². The fourth-order valence-corrected chi connectivity index (χ4v) is 1.95. The van der Waals surface area contributed by atoms with Crippen molar-refractivity contribution in [1.82, 2.24) is 5.32 Å². The molecule has 108 valence electrons. The summed E-state index contributed by atoms with van der Waals surface area (Å²) in [6.07, 6.45) is -0.474. The number of hydrogen-bond acceptors (Lipinski definition) is 4. The minimum atomic E-state index is -0.474. The van der Waals surface area contributed by atoms with E-state index in [0.29, 0.717) is 29.7 Å². The average molecular weight is 295 g/mol. The van der Waals surface area contributed by atoms with Crippen LogP contribution in [0.1, 0.15) is 6.92 Å². The smallest absolute Gasteiger partial charge is 0.265 e. The molecular weight excluding hydrogens is 278 g/mol. The first-order chi connectivity index (χ1) is 9.60. The van der Waals surface area contributed by atoms with E-state index in [1.165, 1.54) is 0 Å². The maximum Gasteiger partial charge on any atom is 0.265 e. The number of anilines is 2. The van der Waals surface area contributed by atoms with E-state index in [-0.39, 0.29) is 5.91 Å². The van der Waals surface area contributed by atoms with Crippen molar-refractivity contribution in [3.63, 3.8) is 0 Å². The average Bonchev–Trinajstić information content (AvgIpc) is 2.41. The van der Waals surface area contributed by atoms with Crippen LogP contribution in [0.25, 0.3) is 0 Å². The second kappa shape index (κ2) is 6.53. The Balaban J connectivity index is 1.99. The molecule has 0 aromatic heterocycles. The monoisotopic (exact) mass is 295 g/mol. The predicted octanol–water partition coefficient (Wildman–Crippen LogP) is 1.34. The molecule has 1 atom stereocenters. The summed E-state index contributed by atoms with van der Waals surface area (Å²) < 4.78 is 10.4. The van der Waals surface area contributed by atoms with Crippen LogP contribution >= 0.6 is 12.2 Å². The first kappa shape index (κ1) is 14.5. The number of carbonyl (C=O) groups excluding carboxylic acids is 1. The SMILES string of the molecule is COCCNC(=S)Nc1ccc2c(c1)NC(=O)[C@@H](C)O2. The highest BCUT2D eigenvalue weighted by Crippen LogP contribution is 2.32. The molecule has 1 aromatic rings. The molecule has 0 saturated heterocycles. The van der Waals surface area contributed by atoms with Gasteiger partial charge in [0.2, 0.25) is 0 Å². The van der Waals surface area contributed by atoms with Crippen LogP contribution in [0.4, 0.5) is 11.4 Å². The molecule has 0 spiro atoms. The summed E-state index contributed by atoms with van der Waals surface area (Å²) in [5.41, 5.74) is 1.41. The van der Waals surface area contributed by atoms with Crippen LogP contribution in [-0.2, 0) is 9.53 Å². The molecule has 1 aromatic carbocycles. The lowest BCUT2D eigenvalue weighted by Gasteiger charge is -2.23. The van der Waals surface area contributed by atoms with Crippen LogP contribution in [0.3, 0.4) is 0 Å². The molecule has 0 saturated carbocycles. The summed E-state index contributed by atoms with van der Waals surface area (Å²) in [4.78, 5) is 11.6. The molecule has 3 N–H and O–H groups in total. The summed E-state index contributed by atoms with van der Waals surface area (Å²) in [5.74, 6) is 0.497. The lowest BCUT2D eigenvalue weighted by molar-refractivity contribution is -0.122. The minimum absolute atomic E-state index is 0.157. The van der Waals surface area contributed by atoms with Gasteiger partial charge in [0.05, 0.1) is 12.3 Å². The first-order valence-electron chi connectivity index (χ1n) is 6.25. The number of methoxy groups -OCH3 is 1. The summed E-state index contributed by atoms with van der Waals surface area (Å²) in [6.45, 7) is 2.91. The van der Waals surface area contributed by atoms with Crippen LogP contribution < -0.4 is 20.7 Å². The Morgan fingerprint density at radius 1 is 1.55 bits per heavy atom. The minimum Gasteiger partial charge on any atom is -0.479 e. The number of hydrogen-bond donors (Lipinski definition) is 3. The number of rotatable bonds is 4. The van der Waals surface area contributed by atoms with Gasteiger partial charge in [-0.05, 0) is 37.3 Å². The van der Waals surface area contributed by atoms with Crippen molar-refractivity contribution in [1.29, 1.82) is 0 Å². The van der Waals surface area contributed by atoms with Gasteiger partial charge in [0, 0.05) is 19.3 Å². The fourth-order valence-electron chi connectivity index (χ4n) is 1.73. The zero-order valence-electron chi connectivity index (χ0n) is 11.4.